The smallest absolute Gasteiger partial charge is 0.232 e. The van der Waals surface area contributed by atoms with Crippen molar-refractivity contribution >= 4 is 5.88 Å². The van der Waals surface area contributed by atoms with Crippen molar-refractivity contribution in [2.24, 2.45) is 0 Å². The summed E-state index contributed by atoms with van der Waals surface area (Å²) in [5.41, 5.74) is 4.37. The summed E-state index contributed by atoms with van der Waals surface area (Å²) in [6.07, 6.45) is 2.62. The number of aryl methyl sites for hydroxylation is 1. The lowest BCUT2D eigenvalue weighted by Crippen LogP contribution is -2.37. The molecule has 6 heteroatoms. The average Bonchev–Trinajstić information content (AvgIpc) is 3.32. The maximum atomic E-state index is 5.80. The normalized spacial score (nSPS) is 20.7. The summed E-state index contributed by atoms with van der Waals surface area (Å²) in [5, 5.41) is 7.98. The zero-order valence-corrected chi connectivity index (χ0v) is 15.4. The van der Waals surface area contributed by atoms with Gasteiger partial charge in [0.05, 0.1) is 24.9 Å². The van der Waals surface area contributed by atoms with Gasteiger partial charge < -0.3 is 24.2 Å². The summed E-state index contributed by atoms with van der Waals surface area (Å²) in [6, 6.07) is 8.42. The Hall–Kier alpha value is -1.89. The number of anilines is 1. The van der Waals surface area contributed by atoms with Gasteiger partial charge in [-0.05, 0) is 25.8 Å². The van der Waals surface area contributed by atoms with E-state index in [4.69, 9.17) is 14.0 Å². The van der Waals surface area contributed by atoms with Crippen molar-refractivity contribution in [3.05, 3.63) is 35.4 Å². The third-order valence-electron chi connectivity index (χ3n) is 5.05. The summed E-state index contributed by atoms with van der Waals surface area (Å²) in [6.45, 7) is 7.68. The van der Waals surface area contributed by atoms with Crippen LogP contribution in [0, 0.1) is 6.92 Å². The van der Waals surface area contributed by atoms with Gasteiger partial charge in [-0.1, -0.05) is 28.9 Å². The SMILES string of the molecule is Cc1cccc(-c2noc(N3CCOCC3)c2CNCC2CCCO2)c1. The van der Waals surface area contributed by atoms with Crippen LogP contribution in [0.3, 0.4) is 0 Å². The van der Waals surface area contributed by atoms with Crippen LogP contribution < -0.4 is 10.2 Å². The highest BCUT2D eigenvalue weighted by Crippen LogP contribution is 2.32. The van der Waals surface area contributed by atoms with E-state index in [-0.39, 0.29) is 0 Å². The molecule has 2 fully saturated rings. The van der Waals surface area contributed by atoms with E-state index >= 15 is 0 Å². The second-order valence-electron chi connectivity index (χ2n) is 7.05. The Morgan fingerprint density at radius 1 is 1.23 bits per heavy atom. The lowest BCUT2D eigenvalue weighted by atomic mass is 10.0. The number of rotatable bonds is 6. The highest BCUT2D eigenvalue weighted by molar-refractivity contribution is 5.68. The molecule has 140 valence electrons. The van der Waals surface area contributed by atoms with E-state index in [0.717, 1.165) is 81.5 Å². The fourth-order valence-corrected chi connectivity index (χ4v) is 3.66. The fraction of sp³-hybridized carbons (Fsp3) is 0.550. The first-order valence-corrected chi connectivity index (χ1v) is 9.52. The molecule has 0 spiro atoms. The van der Waals surface area contributed by atoms with Gasteiger partial charge in [-0.25, -0.2) is 0 Å². The number of benzene rings is 1. The molecule has 1 aromatic carbocycles. The lowest BCUT2D eigenvalue weighted by molar-refractivity contribution is 0.110. The van der Waals surface area contributed by atoms with Crippen LogP contribution in [0.2, 0.25) is 0 Å². The van der Waals surface area contributed by atoms with E-state index in [1.54, 1.807) is 0 Å². The van der Waals surface area contributed by atoms with Gasteiger partial charge in [0.25, 0.3) is 0 Å². The first kappa shape index (κ1) is 17.5. The number of aromatic nitrogens is 1. The molecule has 0 amide bonds. The fourth-order valence-electron chi connectivity index (χ4n) is 3.66. The Bertz CT molecular complexity index is 719. The molecule has 0 radical (unpaired) electrons. The van der Waals surface area contributed by atoms with Crippen molar-refractivity contribution in [2.45, 2.75) is 32.4 Å². The van der Waals surface area contributed by atoms with Crippen molar-refractivity contribution in [1.82, 2.24) is 10.5 Å². The first-order valence-electron chi connectivity index (χ1n) is 9.52. The van der Waals surface area contributed by atoms with E-state index in [0.29, 0.717) is 6.10 Å². The van der Waals surface area contributed by atoms with Crippen LogP contribution in [0.4, 0.5) is 5.88 Å². The number of nitrogens with zero attached hydrogens (tertiary/aromatic N) is 2. The highest BCUT2D eigenvalue weighted by Gasteiger charge is 2.24. The van der Waals surface area contributed by atoms with Gasteiger partial charge in [-0.2, -0.15) is 0 Å². The molecule has 2 aliphatic rings. The van der Waals surface area contributed by atoms with E-state index in [1.165, 1.54) is 5.56 Å². The second-order valence-corrected chi connectivity index (χ2v) is 7.05. The van der Waals surface area contributed by atoms with Gasteiger partial charge in [-0.15, -0.1) is 0 Å². The number of nitrogens with one attached hydrogen (secondary N) is 1. The van der Waals surface area contributed by atoms with Gasteiger partial charge in [0.1, 0.15) is 5.69 Å². The van der Waals surface area contributed by atoms with Crippen molar-refractivity contribution in [3.8, 4) is 11.3 Å². The third kappa shape index (κ3) is 3.92. The van der Waals surface area contributed by atoms with Crippen molar-refractivity contribution < 1.29 is 14.0 Å². The summed E-state index contributed by atoms with van der Waals surface area (Å²) in [5.74, 6) is 0.865. The predicted octanol–water partition coefficient (Wildman–Crippen LogP) is 2.76. The zero-order valence-electron chi connectivity index (χ0n) is 15.4. The van der Waals surface area contributed by atoms with Crippen LogP contribution in [0.15, 0.2) is 28.8 Å². The molecule has 1 aromatic heterocycles. The standard InChI is InChI=1S/C20H27N3O3/c1-15-4-2-5-16(12-15)19-18(14-21-13-17-6-3-9-25-17)20(26-22-19)23-7-10-24-11-8-23/h2,4-5,12,17,21H,3,6-11,13-14H2,1H3. The van der Waals surface area contributed by atoms with Crippen LogP contribution >= 0.6 is 0 Å². The third-order valence-corrected chi connectivity index (χ3v) is 5.05. The quantitative estimate of drug-likeness (QED) is 0.858. The number of morpholine rings is 1. The minimum Gasteiger partial charge on any atom is -0.378 e. The predicted molar refractivity (Wildman–Crippen MR) is 100 cm³/mol. The maximum Gasteiger partial charge on any atom is 0.232 e. The number of hydrogen-bond acceptors (Lipinski definition) is 6. The highest BCUT2D eigenvalue weighted by atomic mass is 16.5. The minimum atomic E-state index is 0.323. The zero-order chi connectivity index (χ0) is 17.8. The molecule has 1 atom stereocenters. The molecule has 3 heterocycles. The molecule has 2 aromatic rings. The molecular weight excluding hydrogens is 330 g/mol. The lowest BCUT2D eigenvalue weighted by Gasteiger charge is -2.26. The van der Waals surface area contributed by atoms with E-state index in [1.807, 2.05) is 0 Å². The number of hydrogen-bond donors (Lipinski definition) is 1. The van der Waals surface area contributed by atoms with Crippen molar-refractivity contribution in [3.63, 3.8) is 0 Å². The Morgan fingerprint density at radius 3 is 2.88 bits per heavy atom. The van der Waals surface area contributed by atoms with Crippen molar-refractivity contribution in [2.75, 3.05) is 44.4 Å². The summed E-state index contributed by atoms with van der Waals surface area (Å²) >= 11 is 0. The Morgan fingerprint density at radius 2 is 2.12 bits per heavy atom. The maximum absolute atomic E-state index is 5.80. The van der Waals surface area contributed by atoms with Gasteiger partial charge in [0.2, 0.25) is 5.88 Å². The molecular formula is C20H27N3O3. The van der Waals surface area contributed by atoms with Crippen LogP contribution in [-0.2, 0) is 16.0 Å². The molecule has 0 saturated carbocycles. The van der Waals surface area contributed by atoms with E-state index < -0.39 is 0 Å². The summed E-state index contributed by atoms with van der Waals surface area (Å²) in [7, 11) is 0. The monoisotopic (exact) mass is 357 g/mol. The Labute approximate surface area is 154 Å². The van der Waals surface area contributed by atoms with E-state index in [9.17, 15) is 0 Å². The molecule has 2 aliphatic heterocycles. The molecule has 26 heavy (non-hydrogen) atoms. The molecule has 1 N–H and O–H groups in total. The van der Waals surface area contributed by atoms with Gasteiger partial charge in [0, 0.05) is 38.3 Å². The van der Waals surface area contributed by atoms with Gasteiger partial charge >= 0.3 is 0 Å². The molecule has 0 bridgehead atoms. The van der Waals surface area contributed by atoms with Crippen LogP contribution in [0.1, 0.15) is 24.0 Å². The second kappa shape index (κ2) is 8.20. The summed E-state index contributed by atoms with van der Waals surface area (Å²) in [4.78, 5) is 2.23. The van der Waals surface area contributed by atoms with Crippen LogP contribution in [-0.4, -0.2) is 50.7 Å². The molecule has 6 nitrogen and oxygen atoms in total. The Kier molecular flexibility index (Phi) is 5.53. The van der Waals surface area contributed by atoms with Gasteiger partial charge in [0.15, 0.2) is 0 Å². The van der Waals surface area contributed by atoms with Gasteiger partial charge in [-0.3, -0.25) is 0 Å². The molecule has 4 rings (SSSR count). The van der Waals surface area contributed by atoms with E-state index in [2.05, 4.69) is 46.6 Å². The van der Waals surface area contributed by atoms with Crippen LogP contribution in [0.25, 0.3) is 11.3 Å². The molecule has 1 unspecified atom stereocenters. The summed E-state index contributed by atoms with van der Waals surface area (Å²) < 4.78 is 17.0. The number of ether oxygens (including phenoxy) is 2. The minimum absolute atomic E-state index is 0.323. The average molecular weight is 357 g/mol. The topological polar surface area (TPSA) is 59.8 Å². The molecule has 2 saturated heterocycles. The largest absolute Gasteiger partial charge is 0.378 e. The Balaban J connectivity index is 1.57. The van der Waals surface area contributed by atoms with Crippen LogP contribution in [0.5, 0.6) is 0 Å². The first-order chi connectivity index (χ1) is 12.8. The molecule has 0 aliphatic carbocycles. The van der Waals surface area contributed by atoms with Crippen molar-refractivity contribution in [1.29, 1.82) is 0 Å².